The van der Waals surface area contributed by atoms with E-state index in [2.05, 4.69) is 5.16 Å². The molecule has 4 nitrogen and oxygen atoms in total. The average molecular weight is 385 g/mol. The molecule has 0 amide bonds. The molecule has 0 radical (unpaired) electrons. The van der Waals surface area contributed by atoms with Crippen molar-refractivity contribution in [3.63, 3.8) is 0 Å². The van der Waals surface area contributed by atoms with Crippen molar-refractivity contribution in [3.8, 4) is 0 Å². The summed E-state index contributed by atoms with van der Waals surface area (Å²) < 4.78 is 5.25. The third-order valence-corrected chi connectivity index (χ3v) is 4.26. The van der Waals surface area contributed by atoms with Crippen molar-refractivity contribution in [1.29, 1.82) is 0 Å². The van der Waals surface area contributed by atoms with Gasteiger partial charge in [0.2, 0.25) is 0 Å². The minimum atomic E-state index is -0.528. The van der Waals surface area contributed by atoms with Crippen LogP contribution in [0.4, 0.5) is 0 Å². The first-order valence-corrected chi connectivity index (χ1v) is 8.27. The SMILES string of the molecule is O=C(OCC1CC(c2ccc(Cl)cc2)=NO1)c1ccc(Cl)cc1Cl. The van der Waals surface area contributed by atoms with Crippen LogP contribution in [0.5, 0.6) is 0 Å². The fourth-order valence-corrected chi connectivity index (χ4v) is 2.84. The number of nitrogens with zero attached hydrogens (tertiary/aromatic N) is 1. The highest BCUT2D eigenvalue weighted by Gasteiger charge is 2.24. The Labute approximate surface area is 153 Å². The van der Waals surface area contributed by atoms with Gasteiger partial charge in [-0.3, -0.25) is 0 Å². The van der Waals surface area contributed by atoms with Gasteiger partial charge in [0.15, 0.2) is 6.10 Å². The highest BCUT2D eigenvalue weighted by Crippen LogP contribution is 2.23. The van der Waals surface area contributed by atoms with Gasteiger partial charge in [0.1, 0.15) is 6.61 Å². The molecular formula is C17H12Cl3NO3. The Hall–Kier alpha value is -1.75. The van der Waals surface area contributed by atoms with E-state index in [4.69, 9.17) is 44.4 Å². The number of esters is 1. The third kappa shape index (κ3) is 4.01. The molecule has 7 heteroatoms. The fourth-order valence-electron chi connectivity index (χ4n) is 2.23. The zero-order valence-electron chi connectivity index (χ0n) is 12.3. The summed E-state index contributed by atoms with van der Waals surface area (Å²) in [6.45, 7) is 0.0817. The van der Waals surface area contributed by atoms with Gasteiger partial charge < -0.3 is 9.57 Å². The molecule has 0 aliphatic carbocycles. The Balaban J connectivity index is 1.55. The van der Waals surface area contributed by atoms with E-state index in [-0.39, 0.29) is 23.3 Å². The molecule has 1 atom stereocenters. The number of hydrogen-bond donors (Lipinski definition) is 0. The zero-order chi connectivity index (χ0) is 17.1. The van der Waals surface area contributed by atoms with E-state index >= 15 is 0 Å². The lowest BCUT2D eigenvalue weighted by Crippen LogP contribution is -2.19. The van der Waals surface area contributed by atoms with Crippen LogP contribution in [-0.2, 0) is 9.57 Å². The second-order valence-electron chi connectivity index (χ2n) is 5.20. The topological polar surface area (TPSA) is 47.9 Å². The molecule has 0 N–H and O–H groups in total. The maximum atomic E-state index is 12.1. The number of halogens is 3. The highest BCUT2D eigenvalue weighted by atomic mass is 35.5. The zero-order valence-corrected chi connectivity index (χ0v) is 14.6. The lowest BCUT2D eigenvalue weighted by molar-refractivity contribution is 0.00687. The molecule has 124 valence electrons. The van der Waals surface area contributed by atoms with Gasteiger partial charge in [-0.1, -0.05) is 52.1 Å². The van der Waals surface area contributed by atoms with Crippen LogP contribution in [0.1, 0.15) is 22.3 Å². The normalized spacial score (nSPS) is 16.5. The van der Waals surface area contributed by atoms with E-state index in [1.807, 2.05) is 12.1 Å². The number of oxime groups is 1. The van der Waals surface area contributed by atoms with Crippen LogP contribution < -0.4 is 0 Å². The van der Waals surface area contributed by atoms with Gasteiger partial charge in [-0.05, 0) is 35.9 Å². The molecule has 0 aromatic heterocycles. The summed E-state index contributed by atoms with van der Waals surface area (Å²) in [7, 11) is 0. The van der Waals surface area contributed by atoms with E-state index in [1.165, 1.54) is 12.1 Å². The van der Waals surface area contributed by atoms with Crippen molar-refractivity contribution in [1.82, 2.24) is 0 Å². The second kappa shape index (κ2) is 7.43. The molecule has 0 fully saturated rings. The molecule has 24 heavy (non-hydrogen) atoms. The van der Waals surface area contributed by atoms with E-state index < -0.39 is 5.97 Å². The number of rotatable bonds is 4. The van der Waals surface area contributed by atoms with E-state index in [9.17, 15) is 4.79 Å². The van der Waals surface area contributed by atoms with Crippen LogP contribution in [0.2, 0.25) is 15.1 Å². The number of carbonyl (C=O) groups excluding carboxylic acids is 1. The minimum Gasteiger partial charge on any atom is -0.458 e. The molecule has 0 spiro atoms. The van der Waals surface area contributed by atoms with Crippen LogP contribution in [-0.4, -0.2) is 24.4 Å². The Morgan fingerprint density at radius 1 is 1.12 bits per heavy atom. The maximum absolute atomic E-state index is 12.1. The smallest absolute Gasteiger partial charge is 0.339 e. The first-order chi connectivity index (χ1) is 11.5. The van der Waals surface area contributed by atoms with Crippen molar-refractivity contribution in [2.75, 3.05) is 6.61 Å². The molecule has 3 rings (SSSR count). The second-order valence-corrected chi connectivity index (χ2v) is 6.48. The molecule has 0 bridgehead atoms. The predicted molar refractivity (Wildman–Crippen MR) is 94.2 cm³/mol. The lowest BCUT2D eigenvalue weighted by atomic mass is 10.1. The van der Waals surface area contributed by atoms with Crippen LogP contribution in [0.3, 0.4) is 0 Å². The van der Waals surface area contributed by atoms with Crippen LogP contribution >= 0.6 is 34.8 Å². The summed E-state index contributed by atoms with van der Waals surface area (Å²) in [6.07, 6.45) is 0.217. The summed E-state index contributed by atoms with van der Waals surface area (Å²) in [5.74, 6) is -0.528. The summed E-state index contributed by atoms with van der Waals surface area (Å²) >= 11 is 17.7. The first kappa shape index (κ1) is 17.1. The Morgan fingerprint density at radius 2 is 1.83 bits per heavy atom. The third-order valence-electron chi connectivity index (χ3n) is 3.46. The monoisotopic (exact) mass is 383 g/mol. The molecule has 1 aliphatic heterocycles. The molecule has 0 saturated heterocycles. The van der Waals surface area contributed by atoms with Gasteiger partial charge in [0, 0.05) is 16.5 Å². The summed E-state index contributed by atoms with van der Waals surface area (Å²) in [6, 6.07) is 11.9. The Morgan fingerprint density at radius 3 is 2.54 bits per heavy atom. The minimum absolute atomic E-state index is 0.0817. The van der Waals surface area contributed by atoms with Gasteiger partial charge >= 0.3 is 5.97 Å². The molecule has 1 unspecified atom stereocenters. The summed E-state index contributed by atoms with van der Waals surface area (Å²) in [5.41, 5.74) is 1.98. The first-order valence-electron chi connectivity index (χ1n) is 7.14. The van der Waals surface area contributed by atoms with Gasteiger partial charge in [-0.25, -0.2) is 4.79 Å². The van der Waals surface area contributed by atoms with Crippen molar-refractivity contribution < 1.29 is 14.4 Å². The molecule has 0 saturated carbocycles. The van der Waals surface area contributed by atoms with E-state index in [1.54, 1.807) is 18.2 Å². The van der Waals surface area contributed by atoms with Crippen molar-refractivity contribution in [2.45, 2.75) is 12.5 Å². The Bertz CT molecular complexity index is 790. The molecule has 2 aromatic carbocycles. The molecule has 1 aliphatic rings. The van der Waals surface area contributed by atoms with Gasteiger partial charge in [0.25, 0.3) is 0 Å². The van der Waals surface area contributed by atoms with Crippen molar-refractivity contribution in [2.24, 2.45) is 5.16 Å². The maximum Gasteiger partial charge on any atom is 0.339 e. The number of ether oxygens (including phenoxy) is 1. The van der Waals surface area contributed by atoms with Crippen molar-refractivity contribution >= 4 is 46.5 Å². The lowest BCUT2D eigenvalue weighted by Gasteiger charge is -2.10. The highest BCUT2D eigenvalue weighted by molar-refractivity contribution is 6.36. The van der Waals surface area contributed by atoms with Crippen LogP contribution in [0.25, 0.3) is 0 Å². The van der Waals surface area contributed by atoms with Gasteiger partial charge in [-0.2, -0.15) is 0 Å². The molecule has 1 heterocycles. The standard InChI is InChI=1S/C17H12Cl3NO3/c18-11-3-1-10(2-4-11)16-8-13(24-21-16)9-23-17(22)14-6-5-12(19)7-15(14)20/h1-7,13H,8-9H2. The fraction of sp³-hybridized carbons (Fsp3) is 0.176. The van der Waals surface area contributed by atoms with Crippen molar-refractivity contribution in [3.05, 3.63) is 68.7 Å². The van der Waals surface area contributed by atoms with E-state index in [0.29, 0.717) is 16.5 Å². The van der Waals surface area contributed by atoms with E-state index in [0.717, 1.165) is 11.3 Å². The summed E-state index contributed by atoms with van der Waals surface area (Å²) in [5, 5.41) is 5.40. The van der Waals surface area contributed by atoms with Crippen LogP contribution in [0.15, 0.2) is 47.6 Å². The molecule has 2 aromatic rings. The quantitative estimate of drug-likeness (QED) is 0.697. The van der Waals surface area contributed by atoms with Gasteiger partial charge in [0.05, 0.1) is 16.3 Å². The number of benzene rings is 2. The molecular weight excluding hydrogens is 373 g/mol. The Kier molecular flexibility index (Phi) is 5.29. The van der Waals surface area contributed by atoms with Gasteiger partial charge in [-0.15, -0.1) is 0 Å². The summed E-state index contributed by atoms with van der Waals surface area (Å²) in [4.78, 5) is 17.4. The average Bonchev–Trinajstić information content (AvgIpc) is 3.02. The number of hydrogen-bond acceptors (Lipinski definition) is 4. The largest absolute Gasteiger partial charge is 0.458 e. The number of carbonyl (C=O) groups is 1. The predicted octanol–water partition coefficient (Wildman–Crippen LogP) is 5.00. The van der Waals surface area contributed by atoms with Crippen LogP contribution in [0, 0.1) is 0 Å².